The number of hydrogen-bond acceptors (Lipinski definition) is 6. The van der Waals surface area contributed by atoms with E-state index in [1.165, 1.54) is 0 Å². The van der Waals surface area contributed by atoms with E-state index in [0.717, 1.165) is 22.9 Å². The molecule has 4 aromatic rings. The quantitative estimate of drug-likeness (QED) is 0.226. The molecule has 0 spiro atoms. The van der Waals surface area contributed by atoms with E-state index in [1.54, 1.807) is 24.3 Å². The molecule has 0 unspecified atom stereocenters. The van der Waals surface area contributed by atoms with E-state index in [9.17, 15) is 18.3 Å². The summed E-state index contributed by atoms with van der Waals surface area (Å²) in [4.78, 5) is 0. The Balaban J connectivity index is 1.60. The maximum absolute atomic E-state index is 13.8. The number of benzene rings is 3. The van der Waals surface area contributed by atoms with Crippen molar-refractivity contribution in [2.75, 3.05) is 6.61 Å². The highest BCUT2D eigenvalue weighted by molar-refractivity contribution is 5.22. The minimum Gasteiger partial charge on any atom is -0.388 e. The van der Waals surface area contributed by atoms with Gasteiger partial charge in [-0.2, -0.15) is 13.2 Å². The van der Waals surface area contributed by atoms with Gasteiger partial charge in [0.05, 0.1) is 38.2 Å². The van der Waals surface area contributed by atoms with Gasteiger partial charge in [-0.05, 0) is 16.7 Å². The van der Waals surface area contributed by atoms with Gasteiger partial charge in [0.1, 0.15) is 18.3 Å². The van der Waals surface area contributed by atoms with Crippen LogP contribution in [-0.4, -0.2) is 29.1 Å². The average molecular weight is 528 g/mol. The lowest BCUT2D eigenvalue weighted by atomic mass is 10.00. The minimum absolute atomic E-state index is 0.0269. The lowest BCUT2D eigenvalue weighted by Crippen LogP contribution is -2.39. The molecular weight excluding hydrogens is 499 g/mol. The van der Waals surface area contributed by atoms with Gasteiger partial charge in [-0.15, -0.1) is 0 Å². The van der Waals surface area contributed by atoms with Gasteiger partial charge < -0.3 is 23.8 Å². The molecule has 200 valence electrons. The Hall–Kier alpha value is -3.50. The second-order valence-electron chi connectivity index (χ2n) is 8.65. The van der Waals surface area contributed by atoms with Crippen LogP contribution in [-0.2, 0) is 40.2 Å². The van der Waals surface area contributed by atoms with Gasteiger partial charge in [0, 0.05) is 0 Å². The number of rotatable bonds is 13. The summed E-state index contributed by atoms with van der Waals surface area (Å²) >= 11 is 0. The highest BCUT2D eigenvalue weighted by Gasteiger charge is 2.44. The van der Waals surface area contributed by atoms with Gasteiger partial charge in [-0.1, -0.05) is 96.2 Å². The summed E-state index contributed by atoms with van der Waals surface area (Å²) in [5.41, 5.74) is 2.03. The van der Waals surface area contributed by atoms with E-state index < -0.39 is 30.2 Å². The van der Waals surface area contributed by atoms with E-state index in [-0.39, 0.29) is 32.0 Å². The Morgan fingerprint density at radius 3 is 1.76 bits per heavy atom. The van der Waals surface area contributed by atoms with Crippen LogP contribution in [0.25, 0.3) is 0 Å². The van der Waals surface area contributed by atoms with Gasteiger partial charge in [-0.25, -0.2) is 0 Å². The van der Waals surface area contributed by atoms with Gasteiger partial charge in [0.2, 0.25) is 5.76 Å². The number of ether oxygens (including phenoxy) is 3. The fourth-order valence-electron chi connectivity index (χ4n) is 3.92. The summed E-state index contributed by atoms with van der Waals surface area (Å²) in [6.07, 6.45) is -7.81. The molecule has 38 heavy (non-hydrogen) atoms. The van der Waals surface area contributed by atoms with Crippen LogP contribution in [0.2, 0.25) is 0 Å². The number of nitrogens with zero attached hydrogens (tertiary/aromatic N) is 1. The summed E-state index contributed by atoms with van der Waals surface area (Å²) in [7, 11) is 0. The van der Waals surface area contributed by atoms with Crippen molar-refractivity contribution < 1.29 is 37.0 Å². The first-order valence-corrected chi connectivity index (χ1v) is 12.0. The smallest absolute Gasteiger partial charge is 0.388 e. The summed E-state index contributed by atoms with van der Waals surface area (Å²) in [6.45, 7) is 0.00193. The number of aromatic nitrogens is 1. The molecule has 6 nitrogen and oxygen atoms in total. The molecule has 0 amide bonds. The number of halogens is 3. The molecule has 1 N–H and O–H groups in total. The fourth-order valence-corrected chi connectivity index (χ4v) is 3.92. The molecule has 0 aliphatic carbocycles. The molecule has 0 fully saturated rings. The first-order chi connectivity index (χ1) is 18.4. The molecule has 3 atom stereocenters. The third kappa shape index (κ3) is 7.75. The zero-order valence-electron chi connectivity index (χ0n) is 20.5. The van der Waals surface area contributed by atoms with Gasteiger partial charge >= 0.3 is 6.18 Å². The lowest BCUT2D eigenvalue weighted by molar-refractivity contribution is -0.167. The highest BCUT2D eigenvalue weighted by atomic mass is 19.4. The minimum atomic E-state index is -4.82. The SMILES string of the molecule is O[C@H](COCc1ccccc1)[C@H](OCc1ccccc1)[C@H](OCc1ccccc1)c1cnoc1C(F)(F)F. The van der Waals surface area contributed by atoms with Crippen molar-refractivity contribution in [1.29, 1.82) is 0 Å². The van der Waals surface area contributed by atoms with Crippen molar-refractivity contribution >= 4 is 0 Å². The lowest BCUT2D eigenvalue weighted by Gasteiger charge is -2.31. The van der Waals surface area contributed by atoms with Crippen molar-refractivity contribution in [3.63, 3.8) is 0 Å². The van der Waals surface area contributed by atoms with Gasteiger partial charge in [0.25, 0.3) is 0 Å². The van der Waals surface area contributed by atoms with E-state index >= 15 is 0 Å². The Morgan fingerprint density at radius 2 is 1.24 bits per heavy atom. The van der Waals surface area contributed by atoms with Crippen LogP contribution < -0.4 is 0 Å². The first kappa shape index (κ1) is 27.5. The summed E-state index contributed by atoms with van der Waals surface area (Å²) in [6, 6.07) is 27.4. The number of alkyl halides is 3. The first-order valence-electron chi connectivity index (χ1n) is 12.0. The molecule has 0 bridgehead atoms. The second kappa shape index (κ2) is 13.3. The predicted molar refractivity (Wildman–Crippen MR) is 133 cm³/mol. The van der Waals surface area contributed by atoms with Crippen molar-refractivity contribution in [3.05, 3.63) is 125 Å². The fraction of sp³-hybridized carbons (Fsp3) is 0.276. The predicted octanol–water partition coefficient (Wildman–Crippen LogP) is 6.11. The zero-order valence-corrected chi connectivity index (χ0v) is 20.5. The molecule has 3 aromatic carbocycles. The standard InChI is InChI=1S/C29H28F3NO5/c30-29(31,32)28-24(16-33-38-28)26(36-18-22-12-6-2-7-13-22)27(37-19-23-14-8-3-9-15-23)25(34)20-35-17-21-10-4-1-5-11-21/h1-16,25-27,34H,17-20H2/t25-,26-,27+/m1/s1. The molecule has 0 saturated carbocycles. The van der Waals surface area contributed by atoms with Crippen LogP contribution >= 0.6 is 0 Å². The number of aliphatic hydroxyl groups is 1. The molecule has 0 saturated heterocycles. The Bertz CT molecular complexity index is 1220. The van der Waals surface area contributed by atoms with Crippen molar-refractivity contribution in [2.45, 2.75) is 44.3 Å². The molecule has 1 heterocycles. The van der Waals surface area contributed by atoms with E-state index in [1.807, 2.05) is 66.7 Å². The third-order valence-corrected chi connectivity index (χ3v) is 5.80. The van der Waals surface area contributed by atoms with Crippen molar-refractivity contribution in [3.8, 4) is 0 Å². The Labute approximate surface area is 218 Å². The molecular formula is C29H28F3NO5. The van der Waals surface area contributed by atoms with Gasteiger partial charge in [-0.3, -0.25) is 0 Å². The van der Waals surface area contributed by atoms with Crippen LogP contribution in [0.3, 0.4) is 0 Å². The van der Waals surface area contributed by atoms with E-state index in [2.05, 4.69) is 9.68 Å². The van der Waals surface area contributed by atoms with Crippen LogP contribution in [0, 0.1) is 0 Å². The topological polar surface area (TPSA) is 74.0 Å². The number of hydrogen-bond donors (Lipinski definition) is 1. The van der Waals surface area contributed by atoms with Crippen LogP contribution in [0.15, 0.2) is 102 Å². The van der Waals surface area contributed by atoms with E-state index in [0.29, 0.717) is 0 Å². The van der Waals surface area contributed by atoms with Crippen LogP contribution in [0.5, 0.6) is 0 Å². The molecule has 0 radical (unpaired) electrons. The van der Waals surface area contributed by atoms with Crippen molar-refractivity contribution in [2.24, 2.45) is 0 Å². The zero-order chi connectivity index (χ0) is 26.8. The molecule has 0 aliphatic rings. The maximum atomic E-state index is 13.8. The Morgan fingerprint density at radius 1 is 0.737 bits per heavy atom. The van der Waals surface area contributed by atoms with Crippen LogP contribution in [0.1, 0.15) is 34.1 Å². The summed E-state index contributed by atoms with van der Waals surface area (Å²) in [5.74, 6) is -1.30. The molecule has 1 aromatic heterocycles. The summed E-state index contributed by atoms with van der Waals surface area (Å²) in [5, 5.41) is 14.5. The van der Waals surface area contributed by atoms with Crippen molar-refractivity contribution in [1.82, 2.24) is 5.16 Å². The molecule has 4 rings (SSSR count). The maximum Gasteiger partial charge on any atom is 0.452 e. The molecule has 0 aliphatic heterocycles. The third-order valence-electron chi connectivity index (χ3n) is 5.80. The highest BCUT2D eigenvalue weighted by Crippen LogP contribution is 2.38. The second-order valence-corrected chi connectivity index (χ2v) is 8.65. The Kier molecular flexibility index (Phi) is 9.67. The number of aliphatic hydroxyl groups excluding tert-OH is 1. The van der Waals surface area contributed by atoms with E-state index in [4.69, 9.17) is 14.2 Å². The summed E-state index contributed by atoms with van der Waals surface area (Å²) < 4.78 is 63.7. The molecule has 9 heteroatoms. The van der Waals surface area contributed by atoms with Crippen LogP contribution in [0.4, 0.5) is 13.2 Å². The van der Waals surface area contributed by atoms with Gasteiger partial charge in [0.15, 0.2) is 0 Å². The average Bonchev–Trinajstić information content (AvgIpc) is 3.43. The normalized spacial score (nSPS) is 14.2. The monoisotopic (exact) mass is 527 g/mol. The largest absolute Gasteiger partial charge is 0.452 e.